The maximum absolute atomic E-state index is 14.2. The van der Waals surface area contributed by atoms with Crippen LogP contribution in [0.5, 0.6) is 0 Å². The summed E-state index contributed by atoms with van der Waals surface area (Å²) >= 11 is 12.5. The fourth-order valence-electron chi connectivity index (χ4n) is 5.14. The SMILES string of the molecule is O=C(c1ccc([N+](=O)[O-])cc1Cl)N(CC(=O)N1c2ccccc2-n2cccc2C1c1ccc(Cl)cc1)C1CC1. The standard InChI is InChI=1S/C29H22Cl2N4O4/c30-19-9-7-18(8-10-19)28-26-6-3-15-32(26)24-4-1-2-5-25(24)34(28)27(36)17-33(20-11-12-20)29(37)22-14-13-21(35(38)39)16-23(22)31/h1-10,13-16,20,28H,11-12,17H2. The van der Waals surface area contributed by atoms with E-state index >= 15 is 0 Å². The lowest BCUT2D eigenvalue weighted by molar-refractivity contribution is -0.384. The molecule has 1 saturated carbocycles. The molecule has 0 radical (unpaired) electrons. The van der Waals surface area contributed by atoms with Gasteiger partial charge >= 0.3 is 0 Å². The summed E-state index contributed by atoms with van der Waals surface area (Å²) in [7, 11) is 0. The average Bonchev–Trinajstić information content (AvgIpc) is 3.66. The maximum Gasteiger partial charge on any atom is 0.270 e. The minimum atomic E-state index is -0.567. The van der Waals surface area contributed by atoms with Crippen LogP contribution in [0.4, 0.5) is 11.4 Å². The van der Waals surface area contributed by atoms with Gasteiger partial charge < -0.3 is 9.47 Å². The summed E-state index contributed by atoms with van der Waals surface area (Å²) in [5, 5.41) is 11.7. The highest BCUT2D eigenvalue weighted by molar-refractivity contribution is 6.34. The van der Waals surface area contributed by atoms with E-state index in [2.05, 4.69) is 4.57 Å². The second kappa shape index (κ2) is 9.87. The smallest absolute Gasteiger partial charge is 0.270 e. The Labute approximate surface area is 234 Å². The van der Waals surface area contributed by atoms with Crippen LogP contribution in [0.15, 0.2) is 85.1 Å². The number of nitro groups is 1. The van der Waals surface area contributed by atoms with E-state index in [9.17, 15) is 19.7 Å². The minimum absolute atomic E-state index is 0.0208. The lowest BCUT2D eigenvalue weighted by Gasteiger charge is -2.39. The number of nitrogens with zero attached hydrogens (tertiary/aromatic N) is 4. The molecular formula is C29H22Cl2N4O4. The lowest BCUT2D eigenvalue weighted by atomic mass is 9.97. The molecule has 10 heteroatoms. The Bertz CT molecular complexity index is 1610. The van der Waals surface area contributed by atoms with E-state index in [1.807, 2.05) is 54.7 Å². The number of para-hydroxylation sites is 2. The van der Waals surface area contributed by atoms with Crippen LogP contribution in [0.25, 0.3) is 5.69 Å². The second-order valence-electron chi connectivity index (χ2n) is 9.60. The Kier molecular flexibility index (Phi) is 6.37. The molecule has 0 bridgehead atoms. The van der Waals surface area contributed by atoms with Crippen LogP contribution in [0.1, 0.15) is 40.5 Å². The number of anilines is 1. The quantitative estimate of drug-likeness (QED) is 0.200. The Morgan fingerprint density at radius 1 is 0.949 bits per heavy atom. The summed E-state index contributed by atoms with van der Waals surface area (Å²) in [6.45, 7) is -0.171. The van der Waals surface area contributed by atoms with Crippen LogP contribution < -0.4 is 4.90 Å². The largest absolute Gasteiger partial charge is 0.326 e. The zero-order chi connectivity index (χ0) is 27.3. The van der Waals surface area contributed by atoms with E-state index in [1.165, 1.54) is 17.0 Å². The predicted molar refractivity (Wildman–Crippen MR) is 149 cm³/mol. The first-order valence-corrected chi connectivity index (χ1v) is 13.2. The Hall–Kier alpha value is -4.14. The summed E-state index contributed by atoms with van der Waals surface area (Å²) in [6, 6.07) is 22.2. The molecule has 1 aliphatic heterocycles. The molecule has 2 amide bonds. The van der Waals surface area contributed by atoms with Crippen LogP contribution in [0, 0.1) is 10.1 Å². The molecule has 2 heterocycles. The summed E-state index contributed by atoms with van der Waals surface area (Å²) in [6.07, 6.45) is 3.50. The number of hydrogen-bond donors (Lipinski definition) is 0. The summed E-state index contributed by atoms with van der Waals surface area (Å²) in [4.78, 5) is 41.7. The molecule has 1 aliphatic carbocycles. The van der Waals surface area contributed by atoms with E-state index in [0.717, 1.165) is 41.5 Å². The van der Waals surface area contributed by atoms with E-state index in [0.29, 0.717) is 5.02 Å². The second-order valence-corrected chi connectivity index (χ2v) is 10.4. The Morgan fingerprint density at radius 3 is 2.33 bits per heavy atom. The number of hydrogen-bond acceptors (Lipinski definition) is 4. The van der Waals surface area contributed by atoms with Gasteiger partial charge in [0, 0.05) is 29.4 Å². The lowest BCUT2D eigenvalue weighted by Crippen LogP contribution is -2.47. The first-order valence-electron chi connectivity index (χ1n) is 12.4. The van der Waals surface area contributed by atoms with Gasteiger partial charge in [0.2, 0.25) is 5.91 Å². The average molecular weight is 561 g/mol. The fraction of sp³-hybridized carbons (Fsp3) is 0.172. The number of non-ortho nitro benzene ring substituents is 1. The summed E-state index contributed by atoms with van der Waals surface area (Å²) in [5.74, 6) is -0.685. The highest BCUT2D eigenvalue weighted by Crippen LogP contribution is 2.43. The number of amides is 2. The number of carbonyl (C=O) groups excluding carboxylic acids is 2. The van der Waals surface area contributed by atoms with Gasteiger partial charge in [-0.2, -0.15) is 0 Å². The van der Waals surface area contributed by atoms with Crippen molar-refractivity contribution < 1.29 is 14.5 Å². The van der Waals surface area contributed by atoms with Crippen LogP contribution >= 0.6 is 23.2 Å². The van der Waals surface area contributed by atoms with Gasteiger partial charge in [0.1, 0.15) is 12.6 Å². The van der Waals surface area contributed by atoms with Crippen LogP contribution in [0.3, 0.4) is 0 Å². The van der Waals surface area contributed by atoms with Crippen molar-refractivity contribution in [3.8, 4) is 5.69 Å². The molecule has 6 rings (SSSR count). The number of carbonyl (C=O) groups is 2. The third kappa shape index (κ3) is 4.56. The topological polar surface area (TPSA) is 88.7 Å². The van der Waals surface area contributed by atoms with Crippen molar-refractivity contribution in [1.82, 2.24) is 9.47 Å². The monoisotopic (exact) mass is 560 g/mol. The first-order chi connectivity index (χ1) is 18.8. The third-order valence-corrected chi connectivity index (χ3v) is 7.69. The van der Waals surface area contributed by atoms with Crippen molar-refractivity contribution in [2.75, 3.05) is 11.4 Å². The molecule has 0 spiro atoms. The van der Waals surface area contributed by atoms with Crippen molar-refractivity contribution >= 4 is 46.4 Å². The van der Waals surface area contributed by atoms with Gasteiger partial charge in [-0.1, -0.05) is 47.5 Å². The van der Waals surface area contributed by atoms with Gasteiger partial charge in [0.15, 0.2) is 0 Å². The van der Waals surface area contributed by atoms with E-state index < -0.39 is 16.9 Å². The third-order valence-electron chi connectivity index (χ3n) is 7.12. The highest BCUT2D eigenvalue weighted by Gasteiger charge is 2.40. The molecule has 1 atom stereocenters. The van der Waals surface area contributed by atoms with Gasteiger partial charge in [-0.05, 0) is 60.9 Å². The van der Waals surface area contributed by atoms with Crippen molar-refractivity contribution in [1.29, 1.82) is 0 Å². The Balaban J connectivity index is 1.39. The van der Waals surface area contributed by atoms with Gasteiger partial charge in [0.25, 0.3) is 11.6 Å². The molecule has 1 fully saturated rings. The van der Waals surface area contributed by atoms with E-state index in [-0.39, 0.29) is 34.8 Å². The van der Waals surface area contributed by atoms with Crippen LogP contribution in [-0.2, 0) is 4.79 Å². The number of benzene rings is 3. The number of nitro benzene ring substituents is 1. The maximum atomic E-state index is 14.2. The molecule has 1 unspecified atom stereocenters. The Morgan fingerprint density at radius 2 is 1.67 bits per heavy atom. The molecule has 39 heavy (non-hydrogen) atoms. The van der Waals surface area contributed by atoms with Gasteiger partial charge in [-0.3, -0.25) is 24.6 Å². The van der Waals surface area contributed by atoms with Crippen molar-refractivity contribution in [3.63, 3.8) is 0 Å². The molecule has 1 aromatic heterocycles. The zero-order valence-corrected chi connectivity index (χ0v) is 22.0. The molecule has 3 aromatic carbocycles. The minimum Gasteiger partial charge on any atom is -0.326 e. The van der Waals surface area contributed by atoms with Crippen molar-refractivity contribution in [2.45, 2.75) is 24.9 Å². The van der Waals surface area contributed by atoms with Crippen molar-refractivity contribution in [3.05, 3.63) is 122 Å². The van der Waals surface area contributed by atoms with Crippen molar-refractivity contribution in [2.24, 2.45) is 0 Å². The normalized spacial score (nSPS) is 15.8. The molecule has 196 valence electrons. The van der Waals surface area contributed by atoms with Gasteiger partial charge in [-0.15, -0.1) is 0 Å². The first kappa shape index (κ1) is 25.2. The molecule has 8 nitrogen and oxygen atoms in total. The van der Waals surface area contributed by atoms with Crippen LogP contribution in [-0.4, -0.2) is 38.8 Å². The van der Waals surface area contributed by atoms with E-state index in [1.54, 1.807) is 17.0 Å². The van der Waals surface area contributed by atoms with Crippen LogP contribution in [0.2, 0.25) is 10.0 Å². The van der Waals surface area contributed by atoms with Gasteiger partial charge in [0.05, 0.1) is 32.6 Å². The fourth-order valence-corrected chi connectivity index (χ4v) is 5.52. The molecule has 2 aliphatic rings. The molecule has 4 aromatic rings. The summed E-state index contributed by atoms with van der Waals surface area (Å²) in [5.41, 5.74) is 3.30. The summed E-state index contributed by atoms with van der Waals surface area (Å²) < 4.78 is 2.07. The van der Waals surface area contributed by atoms with Gasteiger partial charge in [-0.25, -0.2) is 0 Å². The number of rotatable bonds is 6. The predicted octanol–water partition coefficient (Wildman–Crippen LogP) is 6.43. The highest BCUT2D eigenvalue weighted by atomic mass is 35.5. The number of halogens is 2. The molecule has 0 N–H and O–H groups in total. The molecule has 0 saturated heterocycles. The molecular weight excluding hydrogens is 539 g/mol. The zero-order valence-electron chi connectivity index (χ0n) is 20.5. The number of fused-ring (bicyclic) bond motifs is 3. The van der Waals surface area contributed by atoms with E-state index in [4.69, 9.17) is 23.2 Å². The number of aromatic nitrogens is 1.